The number of furan rings is 1. The largest absolute Gasteiger partial charge is 0.456 e. The Labute approximate surface area is 272 Å². The van der Waals surface area contributed by atoms with Gasteiger partial charge in [-0.1, -0.05) is 83.9 Å². The van der Waals surface area contributed by atoms with E-state index < -0.39 is 0 Å². The Hall–Kier alpha value is -5.74. The zero-order valence-electron chi connectivity index (χ0n) is 26.4. The Bertz CT molecular complexity index is 2840. The van der Waals surface area contributed by atoms with E-state index in [0.717, 1.165) is 21.9 Å². The van der Waals surface area contributed by atoms with E-state index in [1.54, 1.807) is 0 Å². The summed E-state index contributed by atoms with van der Waals surface area (Å²) in [5, 5.41) is 7.52. The van der Waals surface area contributed by atoms with Gasteiger partial charge in [0.15, 0.2) is 0 Å². The molecule has 0 spiro atoms. The highest BCUT2D eigenvalue weighted by Gasteiger charge is 2.44. The Morgan fingerprint density at radius 1 is 0.574 bits per heavy atom. The van der Waals surface area contributed by atoms with E-state index in [2.05, 4.69) is 151 Å². The molecule has 0 saturated heterocycles. The molecule has 3 nitrogen and oxygen atoms in total. The molecule has 0 unspecified atom stereocenters. The van der Waals surface area contributed by atoms with Crippen LogP contribution in [0, 0.1) is 20.8 Å². The molecule has 4 heterocycles. The van der Waals surface area contributed by atoms with Gasteiger partial charge in [-0.15, -0.1) is 0 Å². The van der Waals surface area contributed by atoms with Crippen LogP contribution in [0.2, 0.25) is 0 Å². The first-order chi connectivity index (χ1) is 23.0. The summed E-state index contributed by atoms with van der Waals surface area (Å²) >= 11 is 0. The number of para-hydroxylation sites is 1. The normalized spacial score (nSPS) is 13.3. The third kappa shape index (κ3) is 3.22. The van der Waals surface area contributed by atoms with Gasteiger partial charge in [-0.2, -0.15) is 0 Å². The lowest BCUT2D eigenvalue weighted by molar-refractivity contribution is 0.669. The van der Waals surface area contributed by atoms with Gasteiger partial charge in [0.25, 0.3) is 0 Å². The van der Waals surface area contributed by atoms with Gasteiger partial charge in [-0.25, -0.2) is 0 Å². The van der Waals surface area contributed by atoms with Crippen LogP contribution in [0.5, 0.6) is 0 Å². The monoisotopic (exact) mass is 600 g/mol. The predicted octanol–water partition coefficient (Wildman–Crippen LogP) is 10.00. The summed E-state index contributed by atoms with van der Waals surface area (Å²) < 4.78 is 9.09. The van der Waals surface area contributed by atoms with Gasteiger partial charge in [-0.05, 0) is 96.1 Å². The fraction of sp³-hybridized carbons (Fsp3) is 0.0698. The van der Waals surface area contributed by atoms with Crippen LogP contribution in [0.3, 0.4) is 0 Å². The lowest BCUT2D eigenvalue weighted by Gasteiger charge is -2.42. The number of benzene rings is 7. The summed E-state index contributed by atoms with van der Waals surface area (Å²) in [7, 11) is 0. The van der Waals surface area contributed by atoms with Crippen LogP contribution in [0.4, 0.5) is 11.4 Å². The van der Waals surface area contributed by atoms with E-state index in [1.807, 2.05) is 0 Å². The molecule has 0 saturated carbocycles. The second-order valence-corrected chi connectivity index (χ2v) is 13.6. The fourth-order valence-electron chi connectivity index (χ4n) is 8.70. The highest BCUT2D eigenvalue weighted by atomic mass is 16.3. The highest BCUT2D eigenvalue weighted by molar-refractivity contribution is 6.93. The van der Waals surface area contributed by atoms with Gasteiger partial charge in [-0.3, -0.25) is 0 Å². The number of hydrogen-bond donors (Lipinski definition) is 0. The maximum absolute atomic E-state index is 6.52. The molecular weight excluding hydrogens is 571 g/mol. The summed E-state index contributed by atoms with van der Waals surface area (Å²) in [4.78, 5) is 2.58. The summed E-state index contributed by atoms with van der Waals surface area (Å²) in [5.41, 5.74) is 17.1. The molecule has 0 atom stereocenters. The molecular formula is C43H29BN2O. The molecule has 0 radical (unpaired) electrons. The first kappa shape index (κ1) is 25.5. The van der Waals surface area contributed by atoms with Crippen molar-refractivity contribution in [1.82, 2.24) is 4.57 Å². The van der Waals surface area contributed by atoms with Crippen LogP contribution in [0.1, 0.15) is 16.7 Å². The molecule has 2 aliphatic heterocycles. The fourth-order valence-corrected chi connectivity index (χ4v) is 8.70. The molecule has 0 aliphatic carbocycles. The molecule has 2 aliphatic rings. The lowest BCUT2D eigenvalue weighted by atomic mass is 9.43. The summed E-state index contributed by atoms with van der Waals surface area (Å²) in [5.74, 6) is 0. The average Bonchev–Trinajstić information content (AvgIpc) is 3.62. The molecule has 4 heteroatoms. The number of aryl methyl sites for hydroxylation is 3. The highest BCUT2D eigenvalue weighted by Crippen LogP contribution is 2.48. The maximum atomic E-state index is 6.52. The molecule has 11 rings (SSSR count). The molecule has 47 heavy (non-hydrogen) atoms. The molecule has 0 bridgehead atoms. The third-order valence-corrected chi connectivity index (χ3v) is 10.7. The van der Waals surface area contributed by atoms with Crippen LogP contribution < -0.4 is 15.7 Å². The number of aromatic nitrogens is 1. The minimum atomic E-state index is -0.00809. The second-order valence-electron chi connectivity index (χ2n) is 13.6. The van der Waals surface area contributed by atoms with Crippen molar-refractivity contribution in [2.75, 3.05) is 4.81 Å². The van der Waals surface area contributed by atoms with Gasteiger partial charge in [0.2, 0.25) is 0 Å². The van der Waals surface area contributed by atoms with E-state index in [9.17, 15) is 0 Å². The van der Waals surface area contributed by atoms with E-state index in [4.69, 9.17) is 4.42 Å². The van der Waals surface area contributed by atoms with Crippen LogP contribution in [0.15, 0.2) is 126 Å². The number of rotatable bonds is 1. The summed E-state index contributed by atoms with van der Waals surface area (Å²) in [6.45, 7) is 6.67. The van der Waals surface area contributed by atoms with E-state index in [0.29, 0.717) is 0 Å². The number of hydrogen-bond acceptors (Lipinski definition) is 2. The molecule has 9 aromatic rings. The topological polar surface area (TPSA) is 21.3 Å². The Morgan fingerprint density at radius 3 is 2.19 bits per heavy atom. The molecule has 7 aromatic carbocycles. The molecule has 0 fully saturated rings. The quantitative estimate of drug-likeness (QED) is 0.175. The first-order valence-electron chi connectivity index (χ1n) is 16.5. The van der Waals surface area contributed by atoms with Crippen molar-refractivity contribution in [1.29, 1.82) is 0 Å². The zero-order chi connectivity index (χ0) is 31.1. The molecule has 0 N–H and O–H groups in total. The number of fused-ring (bicyclic) bond motifs is 12. The van der Waals surface area contributed by atoms with E-state index >= 15 is 0 Å². The first-order valence-corrected chi connectivity index (χ1v) is 16.5. The van der Waals surface area contributed by atoms with Crippen LogP contribution in [-0.2, 0) is 0 Å². The van der Waals surface area contributed by atoms with Gasteiger partial charge in [0.1, 0.15) is 11.2 Å². The Morgan fingerprint density at radius 2 is 1.34 bits per heavy atom. The van der Waals surface area contributed by atoms with Crippen LogP contribution in [0.25, 0.3) is 71.3 Å². The number of anilines is 2. The van der Waals surface area contributed by atoms with Crippen molar-refractivity contribution in [3.63, 3.8) is 0 Å². The standard InChI is InChI=1S/C43H29BN2O/c1-24-12-15-29(16-13-24)46-38-23-40-32(30-10-6-7-11-39(30)47-40)22-31(38)33-19-26(3)41-34-20-27-8-4-5-9-28(27)21-37(34)45-36-17-14-25(2)18-35(36)44(46)42(33)43(41)45/h4-23H,1-3H3. The molecule has 0 amide bonds. The smallest absolute Gasteiger partial charge is 0.333 e. The SMILES string of the molecule is Cc1ccc(N2B3c4cc(C)ccc4-n4c5cc6ccccc6cc5c5c(C)cc(c3c54)-c3cc4c(cc32)oc2ccccc24)cc1. The Balaban J connectivity index is 1.37. The minimum absolute atomic E-state index is 0.00809. The van der Waals surface area contributed by atoms with Crippen LogP contribution in [-0.4, -0.2) is 11.4 Å². The summed E-state index contributed by atoms with van der Waals surface area (Å²) in [6, 6.07) is 45.2. The predicted molar refractivity (Wildman–Crippen MR) is 199 cm³/mol. The lowest BCUT2D eigenvalue weighted by Crippen LogP contribution is -2.60. The average molecular weight is 601 g/mol. The van der Waals surface area contributed by atoms with Crippen molar-refractivity contribution in [3.8, 4) is 16.8 Å². The van der Waals surface area contributed by atoms with Crippen molar-refractivity contribution in [2.45, 2.75) is 20.8 Å². The number of nitrogens with zero attached hydrogens (tertiary/aromatic N) is 2. The zero-order valence-corrected chi connectivity index (χ0v) is 26.4. The third-order valence-electron chi connectivity index (χ3n) is 10.7. The van der Waals surface area contributed by atoms with Gasteiger partial charge in [0, 0.05) is 50.2 Å². The Kier molecular flexibility index (Phi) is 4.74. The van der Waals surface area contributed by atoms with Gasteiger partial charge in [0.05, 0.1) is 11.0 Å². The van der Waals surface area contributed by atoms with E-state index in [-0.39, 0.29) is 6.85 Å². The molecule has 220 valence electrons. The van der Waals surface area contributed by atoms with Crippen molar-refractivity contribution in [3.05, 3.63) is 138 Å². The van der Waals surface area contributed by atoms with Crippen molar-refractivity contribution >= 4 is 83.7 Å². The maximum Gasteiger partial charge on any atom is 0.333 e. The van der Waals surface area contributed by atoms with Crippen LogP contribution >= 0.6 is 0 Å². The van der Waals surface area contributed by atoms with E-state index in [1.165, 1.54) is 88.4 Å². The summed E-state index contributed by atoms with van der Waals surface area (Å²) in [6.07, 6.45) is 0. The van der Waals surface area contributed by atoms with Crippen molar-refractivity contribution in [2.24, 2.45) is 0 Å². The second kappa shape index (κ2) is 8.74. The van der Waals surface area contributed by atoms with Crippen molar-refractivity contribution < 1.29 is 4.42 Å². The minimum Gasteiger partial charge on any atom is -0.456 e. The van der Waals surface area contributed by atoms with Gasteiger partial charge < -0.3 is 13.8 Å². The molecule has 2 aromatic heterocycles. The van der Waals surface area contributed by atoms with Gasteiger partial charge >= 0.3 is 6.85 Å².